The number of Topliss-reactive ketones (excluding diaryl/α,β-unsaturated/α-hetero) is 1. The maximum Gasteiger partial charge on any atom is 0.295 e. The highest BCUT2D eigenvalue weighted by molar-refractivity contribution is 6.46. The van der Waals surface area contributed by atoms with Gasteiger partial charge < -0.3 is 24.4 Å². The molecule has 2 fully saturated rings. The Morgan fingerprint density at radius 2 is 1.92 bits per heavy atom. The predicted molar refractivity (Wildman–Crippen MR) is 133 cm³/mol. The number of benzene rings is 1. The van der Waals surface area contributed by atoms with E-state index in [4.69, 9.17) is 9.47 Å². The minimum atomic E-state index is -0.725. The Labute approximate surface area is 212 Å². The number of aryl methyl sites for hydroxylation is 1. The number of pyridine rings is 1. The second-order valence-corrected chi connectivity index (χ2v) is 9.90. The fourth-order valence-electron chi connectivity index (χ4n) is 4.77. The Morgan fingerprint density at radius 3 is 2.58 bits per heavy atom. The molecule has 1 aromatic heterocycles. The van der Waals surface area contributed by atoms with Crippen LogP contribution in [0.25, 0.3) is 5.76 Å². The molecule has 8 nitrogen and oxygen atoms in total. The second kappa shape index (κ2) is 11.7. The molecule has 2 aliphatic heterocycles. The number of quaternary nitrogens is 1. The zero-order chi connectivity index (χ0) is 25.7. The van der Waals surface area contributed by atoms with E-state index in [-0.39, 0.29) is 5.57 Å². The van der Waals surface area contributed by atoms with Gasteiger partial charge in [-0.1, -0.05) is 25.7 Å². The summed E-state index contributed by atoms with van der Waals surface area (Å²) in [6.45, 7) is 11.2. The molecule has 2 aromatic rings. The molecule has 8 heteroatoms. The van der Waals surface area contributed by atoms with Gasteiger partial charge >= 0.3 is 0 Å². The molecule has 1 atom stereocenters. The van der Waals surface area contributed by atoms with Crippen LogP contribution in [0.3, 0.4) is 0 Å². The first-order valence-electron chi connectivity index (χ1n) is 12.7. The van der Waals surface area contributed by atoms with Crippen molar-refractivity contribution in [2.45, 2.75) is 33.2 Å². The monoisotopic (exact) mass is 493 g/mol. The van der Waals surface area contributed by atoms with Gasteiger partial charge in [0, 0.05) is 30.9 Å². The molecule has 1 aromatic carbocycles. The molecular formula is C28H35N3O5. The molecule has 1 N–H and O–H groups in total. The molecule has 0 aliphatic carbocycles. The Hall–Kier alpha value is -3.23. The fraction of sp³-hybridized carbons (Fsp3) is 0.464. The van der Waals surface area contributed by atoms with Crippen molar-refractivity contribution < 1.29 is 29.1 Å². The van der Waals surface area contributed by atoms with Crippen LogP contribution in [0, 0.1) is 12.8 Å². The maximum absolute atomic E-state index is 13.7. The van der Waals surface area contributed by atoms with Crippen molar-refractivity contribution in [3.05, 3.63) is 65.0 Å². The fourth-order valence-corrected chi connectivity index (χ4v) is 4.77. The molecule has 2 saturated heterocycles. The largest absolute Gasteiger partial charge is 0.872 e. The van der Waals surface area contributed by atoms with Crippen LogP contribution in [0.15, 0.2) is 48.3 Å². The molecule has 1 unspecified atom stereocenters. The van der Waals surface area contributed by atoms with Gasteiger partial charge in [0.2, 0.25) is 5.78 Å². The number of carbonyl (C=O) groups excluding carboxylic acids is 2. The lowest BCUT2D eigenvalue weighted by Gasteiger charge is -2.29. The Kier molecular flexibility index (Phi) is 8.38. The van der Waals surface area contributed by atoms with Gasteiger partial charge in [-0.15, -0.1) is 0 Å². The molecule has 0 spiro atoms. The normalized spacial score (nSPS) is 20.3. The summed E-state index contributed by atoms with van der Waals surface area (Å²) in [5.74, 6) is -0.684. The van der Waals surface area contributed by atoms with E-state index in [1.807, 2.05) is 6.92 Å². The average molecular weight is 494 g/mol. The van der Waals surface area contributed by atoms with Gasteiger partial charge in [-0.05, 0) is 53.8 Å². The van der Waals surface area contributed by atoms with Gasteiger partial charge in [-0.2, -0.15) is 0 Å². The molecule has 3 heterocycles. The molecule has 192 valence electrons. The highest BCUT2D eigenvalue weighted by Gasteiger charge is 2.44. The summed E-state index contributed by atoms with van der Waals surface area (Å²) in [5, 5.41) is 13.7. The molecular weight excluding hydrogens is 458 g/mol. The van der Waals surface area contributed by atoms with Crippen LogP contribution in [-0.2, 0) is 14.3 Å². The summed E-state index contributed by atoms with van der Waals surface area (Å²) in [4.78, 5) is 33.4. The van der Waals surface area contributed by atoms with Crippen molar-refractivity contribution in [3.8, 4) is 5.75 Å². The van der Waals surface area contributed by atoms with Crippen molar-refractivity contribution >= 4 is 17.4 Å². The molecule has 2 aliphatic rings. The lowest BCUT2D eigenvalue weighted by atomic mass is 9.95. The number of morpholine rings is 1. The number of carbonyl (C=O) groups is 2. The quantitative estimate of drug-likeness (QED) is 0.318. The van der Waals surface area contributed by atoms with Crippen molar-refractivity contribution in [3.63, 3.8) is 0 Å². The van der Waals surface area contributed by atoms with Crippen molar-refractivity contribution in [2.75, 3.05) is 46.0 Å². The van der Waals surface area contributed by atoms with E-state index in [1.54, 1.807) is 47.6 Å². The molecule has 1 amide bonds. The maximum atomic E-state index is 13.7. The number of hydrogen-bond donors (Lipinski definition) is 1. The van der Waals surface area contributed by atoms with Crippen molar-refractivity contribution in [2.24, 2.45) is 5.92 Å². The Bertz CT molecular complexity index is 1110. The topological polar surface area (TPSA) is 96.2 Å². The SMILES string of the molecule is Cc1cc(C([O-])=C2C(=O)C(=O)N(CCC[NH+]3CCOCC3)C2c2ccncc2)ccc1OCC(C)C. The smallest absolute Gasteiger partial charge is 0.295 e. The molecule has 0 saturated carbocycles. The highest BCUT2D eigenvalue weighted by atomic mass is 16.5. The van der Waals surface area contributed by atoms with Crippen LogP contribution in [-0.4, -0.2) is 67.6 Å². The van der Waals surface area contributed by atoms with Crippen LogP contribution in [0.1, 0.15) is 43.0 Å². The predicted octanol–water partition coefficient (Wildman–Crippen LogP) is 0.954. The summed E-state index contributed by atoms with van der Waals surface area (Å²) in [6.07, 6.45) is 3.97. The van der Waals surface area contributed by atoms with E-state index in [0.29, 0.717) is 35.9 Å². The molecule has 36 heavy (non-hydrogen) atoms. The summed E-state index contributed by atoms with van der Waals surface area (Å²) in [6, 6.07) is 7.96. The van der Waals surface area contributed by atoms with E-state index in [9.17, 15) is 14.7 Å². The number of aromatic nitrogens is 1. The Morgan fingerprint density at radius 1 is 1.19 bits per heavy atom. The van der Waals surface area contributed by atoms with Gasteiger partial charge in [-0.3, -0.25) is 14.6 Å². The van der Waals surface area contributed by atoms with Gasteiger partial charge in [0.05, 0.1) is 32.4 Å². The molecule has 0 bridgehead atoms. The van der Waals surface area contributed by atoms with Crippen LogP contribution < -0.4 is 14.7 Å². The first-order chi connectivity index (χ1) is 17.4. The number of ether oxygens (including phenoxy) is 2. The second-order valence-electron chi connectivity index (χ2n) is 9.90. The zero-order valence-corrected chi connectivity index (χ0v) is 21.3. The summed E-state index contributed by atoms with van der Waals surface area (Å²) < 4.78 is 11.3. The lowest BCUT2D eigenvalue weighted by molar-refractivity contribution is -0.908. The summed E-state index contributed by atoms with van der Waals surface area (Å²) in [5.41, 5.74) is 1.89. The van der Waals surface area contributed by atoms with E-state index >= 15 is 0 Å². The van der Waals surface area contributed by atoms with Crippen molar-refractivity contribution in [1.82, 2.24) is 9.88 Å². The third-order valence-electron chi connectivity index (χ3n) is 6.69. The number of ketones is 1. The number of amides is 1. The van der Waals surface area contributed by atoms with Crippen molar-refractivity contribution in [1.29, 1.82) is 0 Å². The lowest BCUT2D eigenvalue weighted by Crippen LogP contribution is -3.14. The van der Waals surface area contributed by atoms with E-state index in [1.165, 1.54) is 4.90 Å². The van der Waals surface area contributed by atoms with Gasteiger partial charge in [0.25, 0.3) is 5.91 Å². The van der Waals surface area contributed by atoms with Crippen LogP contribution >= 0.6 is 0 Å². The number of likely N-dealkylation sites (tertiary alicyclic amines) is 1. The molecule has 0 radical (unpaired) electrons. The summed E-state index contributed by atoms with van der Waals surface area (Å²) in [7, 11) is 0. The van der Waals surface area contributed by atoms with Gasteiger partial charge in [-0.25, -0.2) is 0 Å². The minimum absolute atomic E-state index is 0.000156. The number of rotatable bonds is 9. The van der Waals surface area contributed by atoms with E-state index < -0.39 is 23.5 Å². The average Bonchev–Trinajstić information content (AvgIpc) is 3.13. The highest BCUT2D eigenvalue weighted by Crippen LogP contribution is 2.38. The standard InChI is InChI=1S/C28H35N3O5/c1-19(2)18-36-23-6-5-22(17-20(23)3)26(32)24-25(21-7-9-29-10-8-21)31(28(34)27(24)33)12-4-11-30-13-15-35-16-14-30/h5-10,17,19,25,32H,4,11-16,18H2,1-3H3. The van der Waals surface area contributed by atoms with Crippen LogP contribution in [0.2, 0.25) is 0 Å². The van der Waals surface area contributed by atoms with Crippen LogP contribution in [0.4, 0.5) is 0 Å². The first kappa shape index (κ1) is 25.9. The zero-order valence-electron chi connectivity index (χ0n) is 21.3. The van der Waals surface area contributed by atoms with E-state index in [0.717, 1.165) is 44.8 Å². The first-order valence-corrected chi connectivity index (χ1v) is 12.7. The molecule has 4 rings (SSSR count). The van der Waals surface area contributed by atoms with Gasteiger partial charge in [0.1, 0.15) is 18.8 Å². The number of hydrogen-bond acceptors (Lipinski definition) is 6. The Balaban J connectivity index is 1.63. The number of nitrogens with zero attached hydrogens (tertiary/aromatic N) is 2. The summed E-state index contributed by atoms with van der Waals surface area (Å²) >= 11 is 0. The van der Waals surface area contributed by atoms with Gasteiger partial charge in [0.15, 0.2) is 0 Å². The van der Waals surface area contributed by atoms with Crippen LogP contribution in [0.5, 0.6) is 5.75 Å². The van der Waals surface area contributed by atoms with E-state index in [2.05, 4.69) is 18.8 Å². The minimum Gasteiger partial charge on any atom is -0.872 e. The third-order valence-corrected chi connectivity index (χ3v) is 6.69. The third kappa shape index (κ3) is 5.77. The number of nitrogens with one attached hydrogen (secondary N) is 1.